The van der Waals surface area contributed by atoms with Gasteiger partial charge in [-0.2, -0.15) is 5.10 Å². The molecule has 0 aliphatic rings. The molecule has 1 heterocycles. The number of benzene rings is 2. The monoisotopic (exact) mass is 284 g/mol. The number of halogens is 1. The molecule has 0 aliphatic heterocycles. The minimum absolute atomic E-state index is 0.182. The van der Waals surface area contributed by atoms with E-state index in [1.165, 1.54) is 0 Å². The number of nitrogens with zero attached hydrogens (tertiary/aromatic N) is 2. The minimum Gasteiger partial charge on any atom is -0.504 e. The summed E-state index contributed by atoms with van der Waals surface area (Å²) in [5.41, 5.74) is 3.03. The summed E-state index contributed by atoms with van der Waals surface area (Å²) in [7, 11) is 1.82. The Labute approximate surface area is 122 Å². The summed E-state index contributed by atoms with van der Waals surface area (Å²) in [6.45, 7) is 0. The van der Waals surface area contributed by atoms with Gasteiger partial charge in [0.1, 0.15) is 11.4 Å². The van der Waals surface area contributed by atoms with Crippen molar-refractivity contribution in [3.05, 3.63) is 59.6 Å². The predicted molar refractivity (Wildman–Crippen MR) is 80.8 cm³/mol. The molecule has 3 nitrogen and oxygen atoms in total. The number of aryl methyl sites for hydroxylation is 1. The van der Waals surface area contributed by atoms with Crippen molar-refractivity contribution in [3.63, 3.8) is 0 Å². The van der Waals surface area contributed by atoms with E-state index in [0.717, 1.165) is 11.1 Å². The Morgan fingerprint density at radius 3 is 2.25 bits per heavy atom. The molecule has 2 aromatic carbocycles. The highest BCUT2D eigenvalue weighted by Gasteiger charge is 2.17. The first-order chi connectivity index (χ1) is 9.66. The molecular weight excluding hydrogens is 272 g/mol. The molecule has 0 radical (unpaired) electrons. The maximum absolute atomic E-state index is 10.5. The molecule has 0 fully saturated rings. The van der Waals surface area contributed by atoms with Gasteiger partial charge in [-0.05, 0) is 12.1 Å². The van der Waals surface area contributed by atoms with Gasteiger partial charge in [0.2, 0.25) is 0 Å². The quantitative estimate of drug-likeness (QED) is 0.769. The number of rotatable bonds is 2. The zero-order chi connectivity index (χ0) is 14.1. The van der Waals surface area contributed by atoms with E-state index in [9.17, 15) is 5.11 Å². The van der Waals surface area contributed by atoms with Crippen molar-refractivity contribution in [1.82, 2.24) is 9.78 Å². The fourth-order valence-corrected chi connectivity index (χ4v) is 2.36. The number of aromatic nitrogens is 2. The SMILES string of the molecule is Cn1nc(-c2ccccc2)c(O)c1-c1ccc(Cl)cc1. The average Bonchev–Trinajstić information content (AvgIpc) is 2.76. The lowest BCUT2D eigenvalue weighted by molar-refractivity contribution is 0.478. The molecule has 3 aromatic rings. The number of hydrogen-bond donors (Lipinski definition) is 1. The third kappa shape index (κ3) is 2.17. The van der Waals surface area contributed by atoms with Crippen LogP contribution >= 0.6 is 11.6 Å². The van der Waals surface area contributed by atoms with Crippen molar-refractivity contribution in [1.29, 1.82) is 0 Å². The van der Waals surface area contributed by atoms with Crippen molar-refractivity contribution >= 4 is 11.6 Å². The third-order valence-corrected chi connectivity index (χ3v) is 3.44. The molecule has 0 atom stereocenters. The van der Waals surface area contributed by atoms with Gasteiger partial charge >= 0.3 is 0 Å². The van der Waals surface area contributed by atoms with Crippen molar-refractivity contribution in [3.8, 4) is 28.3 Å². The Bertz CT molecular complexity index is 733. The predicted octanol–water partition coefficient (Wildman–Crippen LogP) is 4.11. The molecule has 0 saturated heterocycles. The lowest BCUT2D eigenvalue weighted by Crippen LogP contribution is -1.93. The van der Waals surface area contributed by atoms with Crippen LogP contribution in [0.25, 0.3) is 22.5 Å². The number of hydrogen-bond acceptors (Lipinski definition) is 2. The topological polar surface area (TPSA) is 38.0 Å². The van der Waals surface area contributed by atoms with Crippen LogP contribution in [0.2, 0.25) is 5.02 Å². The van der Waals surface area contributed by atoms with E-state index < -0.39 is 0 Å². The molecule has 20 heavy (non-hydrogen) atoms. The standard InChI is InChI=1S/C16H13ClN2O/c1-19-15(12-7-9-13(17)10-8-12)16(20)14(18-19)11-5-3-2-4-6-11/h2-10,20H,1H3. The third-order valence-electron chi connectivity index (χ3n) is 3.19. The Hall–Kier alpha value is -2.26. The molecule has 0 bridgehead atoms. The van der Waals surface area contributed by atoms with Gasteiger partial charge in [0.25, 0.3) is 0 Å². The van der Waals surface area contributed by atoms with Crippen molar-refractivity contribution in [2.24, 2.45) is 7.05 Å². The first-order valence-electron chi connectivity index (χ1n) is 6.24. The van der Waals surface area contributed by atoms with Crippen molar-refractivity contribution < 1.29 is 5.11 Å². The van der Waals surface area contributed by atoms with Gasteiger partial charge in [-0.3, -0.25) is 4.68 Å². The van der Waals surface area contributed by atoms with Crippen LogP contribution in [-0.2, 0) is 7.05 Å². The molecule has 1 aromatic heterocycles. The molecule has 1 N–H and O–H groups in total. The highest BCUT2D eigenvalue weighted by molar-refractivity contribution is 6.30. The molecule has 100 valence electrons. The Morgan fingerprint density at radius 2 is 1.60 bits per heavy atom. The van der Waals surface area contributed by atoms with Gasteiger partial charge in [-0.15, -0.1) is 0 Å². The van der Waals surface area contributed by atoms with E-state index in [1.54, 1.807) is 16.8 Å². The lowest BCUT2D eigenvalue weighted by atomic mass is 10.1. The van der Waals surface area contributed by atoms with Crippen molar-refractivity contribution in [2.45, 2.75) is 0 Å². The first kappa shape index (κ1) is 12.8. The smallest absolute Gasteiger partial charge is 0.169 e. The minimum atomic E-state index is 0.182. The van der Waals surface area contributed by atoms with E-state index >= 15 is 0 Å². The second kappa shape index (κ2) is 5.02. The van der Waals surface area contributed by atoms with E-state index in [2.05, 4.69) is 5.10 Å². The Morgan fingerprint density at radius 1 is 0.950 bits per heavy atom. The number of aromatic hydroxyl groups is 1. The lowest BCUT2D eigenvalue weighted by Gasteiger charge is -2.03. The molecule has 3 rings (SSSR count). The van der Waals surface area contributed by atoms with Gasteiger partial charge in [-0.1, -0.05) is 54.1 Å². The highest BCUT2D eigenvalue weighted by atomic mass is 35.5. The largest absolute Gasteiger partial charge is 0.504 e. The van der Waals surface area contributed by atoms with Crippen LogP contribution in [0.15, 0.2) is 54.6 Å². The second-order valence-corrected chi connectivity index (χ2v) is 4.98. The molecular formula is C16H13ClN2O. The summed E-state index contributed by atoms with van der Waals surface area (Å²) < 4.78 is 1.68. The zero-order valence-corrected chi connectivity index (χ0v) is 11.7. The van der Waals surface area contributed by atoms with Gasteiger partial charge in [-0.25, -0.2) is 0 Å². The molecule has 4 heteroatoms. The molecule has 0 unspecified atom stereocenters. The second-order valence-electron chi connectivity index (χ2n) is 4.54. The van der Waals surface area contributed by atoms with Gasteiger partial charge in [0.05, 0.1) is 0 Å². The van der Waals surface area contributed by atoms with Gasteiger partial charge < -0.3 is 5.11 Å². The maximum Gasteiger partial charge on any atom is 0.169 e. The zero-order valence-electron chi connectivity index (χ0n) is 10.9. The normalized spacial score (nSPS) is 10.7. The summed E-state index contributed by atoms with van der Waals surface area (Å²) in [4.78, 5) is 0. The molecule has 0 spiro atoms. The van der Waals surface area contributed by atoms with E-state index in [4.69, 9.17) is 11.6 Å². The van der Waals surface area contributed by atoms with Crippen LogP contribution in [0.5, 0.6) is 5.75 Å². The average molecular weight is 285 g/mol. The summed E-state index contributed by atoms with van der Waals surface area (Å²) in [6.07, 6.45) is 0. The summed E-state index contributed by atoms with van der Waals surface area (Å²) in [6, 6.07) is 17.0. The first-order valence-corrected chi connectivity index (χ1v) is 6.62. The van der Waals surface area contributed by atoms with Crippen LogP contribution in [-0.4, -0.2) is 14.9 Å². The highest BCUT2D eigenvalue weighted by Crippen LogP contribution is 2.37. The molecule has 0 amide bonds. The van der Waals surface area contributed by atoms with Crippen LogP contribution in [0.1, 0.15) is 0 Å². The fourth-order valence-electron chi connectivity index (χ4n) is 2.23. The summed E-state index contributed by atoms with van der Waals surface area (Å²) in [5, 5.41) is 15.5. The van der Waals surface area contributed by atoms with Crippen LogP contribution in [0, 0.1) is 0 Å². The van der Waals surface area contributed by atoms with Gasteiger partial charge in [0.15, 0.2) is 5.75 Å². The van der Waals surface area contributed by atoms with Crippen molar-refractivity contribution in [2.75, 3.05) is 0 Å². The van der Waals surface area contributed by atoms with Crippen LogP contribution in [0.3, 0.4) is 0 Å². The maximum atomic E-state index is 10.5. The van der Waals surface area contributed by atoms with Crippen LogP contribution in [0.4, 0.5) is 0 Å². The van der Waals surface area contributed by atoms with E-state index in [0.29, 0.717) is 16.4 Å². The summed E-state index contributed by atoms with van der Waals surface area (Å²) >= 11 is 5.89. The summed E-state index contributed by atoms with van der Waals surface area (Å²) in [5.74, 6) is 0.182. The van der Waals surface area contributed by atoms with E-state index in [-0.39, 0.29) is 5.75 Å². The Kier molecular flexibility index (Phi) is 3.20. The molecule has 0 saturated carbocycles. The Balaban J connectivity index is 2.14. The van der Waals surface area contributed by atoms with Crippen LogP contribution < -0.4 is 0 Å². The fraction of sp³-hybridized carbons (Fsp3) is 0.0625. The van der Waals surface area contributed by atoms with Gasteiger partial charge in [0, 0.05) is 23.2 Å². The molecule has 0 aliphatic carbocycles. The van der Waals surface area contributed by atoms with E-state index in [1.807, 2.05) is 49.5 Å².